The van der Waals surface area contributed by atoms with Gasteiger partial charge in [-0.05, 0) is 19.8 Å². The lowest BCUT2D eigenvalue weighted by molar-refractivity contribution is -0.124. The van der Waals surface area contributed by atoms with Crippen LogP contribution in [-0.2, 0) is 9.53 Å². The molecule has 1 amide bonds. The van der Waals surface area contributed by atoms with Crippen LogP contribution in [0.2, 0.25) is 0 Å². The number of carbonyl (C=O) groups excluding carboxylic acids is 1. The Morgan fingerprint density at radius 2 is 2.50 bits per heavy atom. The first-order chi connectivity index (χ1) is 6.74. The highest BCUT2D eigenvalue weighted by Crippen LogP contribution is 2.18. The first-order valence-electron chi connectivity index (χ1n) is 5.07. The Labute approximate surface area is 85.2 Å². The molecular weight excluding hydrogens is 178 g/mol. The highest BCUT2D eigenvalue weighted by atomic mass is 16.5. The van der Waals surface area contributed by atoms with Gasteiger partial charge in [0.1, 0.15) is 0 Å². The predicted octanol–water partition coefficient (Wildman–Crippen LogP) is 0.941. The molecule has 3 heteroatoms. The third kappa shape index (κ3) is 3.39. The number of amides is 1. The molecule has 1 aliphatic heterocycles. The van der Waals surface area contributed by atoms with Gasteiger partial charge in [0, 0.05) is 13.0 Å². The molecular formula is C11H17NO2. The summed E-state index contributed by atoms with van der Waals surface area (Å²) < 4.78 is 5.32. The van der Waals surface area contributed by atoms with Gasteiger partial charge in [0.05, 0.1) is 18.6 Å². The maximum atomic E-state index is 11.5. The van der Waals surface area contributed by atoms with Crippen molar-refractivity contribution in [1.29, 1.82) is 0 Å². The zero-order valence-corrected chi connectivity index (χ0v) is 8.58. The van der Waals surface area contributed by atoms with Crippen LogP contribution in [0.15, 0.2) is 0 Å². The number of hydrogen-bond donors (Lipinski definition) is 1. The van der Waals surface area contributed by atoms with Gasteiger partial charge in [-0.2, -0.15) is 0 Å². The van der Waals surface area contributed by atoms with Crippen LogP contribution in [0.1, 0.15) is 26.2 Å². The van der Waals surface area contributed by atoms with Crippen molar-refractivity contribution in [1.82, 2.24) is 5.32 Å². The number of carbonyl (C=O) groups is 1. The summed E-state index contributed by atoms with van der Waals surface area (Å²) in [5.41, 5.74) is 0. The minimum absolute atomic E-state index is 0.0378. The summed E-state index contributed by atoms with van der Waals surface area (Å²) >= 11 is 0. The summed E-state index contributed by atoms with van der Waals surface area (Å²) in [5, 5.41) is 2.87. The lowest BCUT2D eigenvalue weighted by atomic mass is 10.1. The van der Waals surface area contributed by atoms with E-state index >= 15 is 0 Å². The van der Waals surface area contributed by atoms with Crippen molar-refractivity contribution < 1.29 is 9.53 Å². The van der Waals surface area contributed by atoms with E-state index in [1.807, 2.05) is 6.92 Å². The summed E-state index contributed by atoms with van der Waals surface area (Å²) in [6.45, 7) is 3.22. The van der Waals surface area contributed by atoms with Crippen molar-refractivity contribution in [2.75, 3.05) is 13.2 Å². The van der Waals surface area contributed by atoms with Crippen LogP contribution in [0, 0.1) is 18.3 Å². The van der Waals surface area contributed by atoms with Crippen molar-refractivity contribution >= 4 is 5.91 Å². The predicted molar refractivity (Wildman–Crippen MR) is 54.6 cm³/mol. The molecule has 1 fully saturated rings. The molecule has 14 heavy (non-hydrogen) atoms. The second kappa shape index (κ2) is 5.66. The molecule has 0 saturated carbocycles. The molecule has 0 bridgehead atoms. The van der Waals surface area contributed by atoms with Gasteiger partial charge in [-0.3, -0.25) is 4.79 Å². The number of hydrogen-bond acceptors (Lipinski definition) is 2. The average Bonchev–Trinajstić information content (AvgIpc) is 2.59. The average molecular weight is 195 g/mol. The Kier molecular flexibility index (Phi) is 4.48. The smallest absolute Gasteiger partial charge is 0.225 e. The molecule has 1 aliphatic rings. The number of unbranched alkanes of at least 4 members (excludes halogenated alkanes) is 1. The Morgan fingerprint density at radius 1 is 1.71 bits per heavy atom. The SMILES string of the molecule is C#CCCCNC(=O)C1COC(C)C1. The molecule has 0 radical (unpaired) electrons. The van der Waals surface area contributed by atoms with Crippen molar-refractivity contribution in [2.45, 2.75) is 32.3 Å². The molecule has 3 nitrogen and oxygen atoms in total. The van der Waals surface area contributed by atoms with Crippen LogP contribution in [0.25, 0.3) is 0 Å². The molecule has 78 valence electrons. The Morgan fingerprint density at radius 3 is 3.07 bits per heavy atom. The van der Waals surface area contributed by atoms with Gasteiger partial charge in [-0.15, -0.1) is 12.3 Å². The van der Waals surface area contributed by atoms with Gasteiger partial charge in [0.25, 0.3) is 0 Å². The molecule has 0 aromatic heterocycles. The van der Waals surface area contributed by atoms with E-state index in [2.05, 4.69) is 11.2 Å². The minimum atomic E-state index is 0.0378. The minimum Gasteiger partial charge on any atom is -0.378 e. The number of rotatable bonds is 4. The summed E-state index contributed by atoms with van der Waals surface area (Å²) in [6, 6.07) is 0. The zero-order chi connectivity index (χ0) is 10.4. The molecule has 0 aromatic rings. The second-order valence-corrected chi connectivity index (χ2v) is 3.68. The molecule has 1 rings (SSSR count). The highest BCUT2D eigenvalue weighted by Gasteiger charge is 2.27. The summed E-state index contributed by atoms with van der Waals surface area (Å²) in [4.78, 5) is 11.5. The van der Waals surface area contributed by atoms with Gasteiger partial charge >= 0.3 is 0 Å². The fourth-order valence-corrected chi connectivity index (χ4v) is 1.55. The van der Waals surface area contributed by atoms with Gasteiger partial charge in [0.15, 0.2) is 0 Å². The lowest BCUT2D eigenvalue weighted by Gasteiger charge is -2.08. The van der Waals surface area contributed by atoms with Crippen molar-refractivity contribution in [3.05, 3.63) is 0 Å². The molecule has 0 spiro atoms. The summed E-state index contributed by atoms with van der Waals surface area (Å²) in [6.07, 6.45) is 7.73. The third-order valence-corrected chi connectivity index (χ3v) is 2.37. The van der Waals surface area contributed by atoms with Crippen LogP contribution in [-0.4, -0.2) is 25.2 Å². The first-order valence-corrected chi connectivity index (χ1v) is 5.07. The lowest BCUT2D eigenvalue weighted by Crippen LogP contribution is -2.31. The fraction of sp³-hybridized carbons (Fsp3) is 0.727. The molecule has 2 atom stereocenters. The first kappa shape index (κ1) is 11.1. The molecule has 0 aromatic carbocycles. The van der Waals surface area contributed by atoms with E-state index in [4.69, 9.17) is 11.2 Å². The van der Waals surface area contributed by atoms with E-state index in [0.29, 0.717) is 13.2 Å². The molecule has 2 unspecified atom stereocenters. The van der Waals surface area contributed by atoms with Crippen LogP contribution in [0.5, 0.6) is 0 Å². The van der Waals surface area contributed by atoms with Crippen LogP contribution in [0.4, 0.5) is 0 Å². The largest absolute Gasteiger partial charge is 0.378 e. The van der Waals surface area contributed by atoms with Gasteiger partial charge < -0.3 is 10.1 Å². The van der Waals surface area contributed by atoms with Crippen molar-refractivity contribution in [2.24, 2.45) is 5.92 Å². The third-order valence-electron chi connectivity index (χ3n) is 2.37. The molecule has 0 aliphatic carbocycles. The zero-order valence-electron chi connectivity index (χ0n) is 8.58. The van der Waals surface area contributed by atoms with E-state index in [1.165, 1.54) is 0 Å². The molecule has 1 heterocycles. The molecule has 1 saturated heterocycles. The number of nitrogens with one attached hydrogen (secondary N) is 1. The summed E-state index contributed by atoms with van der Waals surface area (Å²) in [5.74, 6) is 2.68. The second-order valence-electron chi connectivity index (χ2n) is 3.68. The quantitative estimate of drug-likeness (QED) is 0.535. The van der Waals surface area contributed by atoms with Gasteiger partial charge in [-0.1, -0.05) is 0 Å². The number of terminal acetylenes is 1. The Bertz CT molecular complexity index is 232. The van der Waals surface area contributed by atoms with Crippen LogP contribution in [0.3, 0.4) is 0 Å². The van der Waals surface area contributed by atoms with Gasteiger partial charge in [0.2, 0.25) is 5.91 Å². The normalized spacial score (nSPS) is 25.7. The Hall–Kier alpha value is -1.01. The van der Waals surface area contributed by atoms with E-state index < -0.39 is 0 Å². The summed E-state index contributed by atoms with van der Waals surface area (Å²) in [7, 11) is 0. The van der Waals surface area contributed by atoms with E-state index in [9.17, 15) is 4.79 Å². The van der Waals surface area contributed by atoms with E-state index in [-0.39, 0.29) is 17.9 Å². The maximum Gasteiger partial charge on any atom is 0.225 e. The van der Waals surface area contributed by atoms with Crippen molar-refractivity contribution in [3.8, 4) is 12.3 Å². The van der Waals surface area contributed by atoms with E-state index in [1.54, 1.807) is 0 Å². The van der Waals surface area contributed by atoms with Crippen LogP contribution >= 0.6 is 0 Å². The van der Waals surface area contributed by atoms with E-state index in [0.717, 1.165) is 19.3 Å². The topological polar surface area (TPSA) is 38.3 Å². The van der Waals surface area contributed by atoms with Gasteiger partial charge in [-0.25, -0.2) is 0 Å². The highest BCUT2D eigenvalue weighted by molar-refractivity contribution is 5.79. The standard InChI is InChI=1S/C11H17NO2/c1-3-4-5-6-12-11(13)10-7-9(2)14-8-10/h1,9-10H,4-8H2,2H3,(H,12,13). The molecule has 1 N–H and O–H groups in total. The Balaban J connectivity index is 2.13. The monoisotopic (exact) mass is 195 g/mol. The number of ether oxygens (including phenoxy) is 1. The fourth-order valence-electron chi connectivity index (χ4n) is 1.55. The van der Waals surface area contributed by atoms with Crippen molar-refractivity contribution in [3.63, 3.8) is 0 Å². The maximum absolute atomic E-state index is 11.5. The van der Waals surface area contributed by atoms with Crippen LogP contribution < -0.4 is 5.32 Å².